The molecular weight excluding hydrogens is 277 g/mol. The summed E-state index contributed by atoms with van der Waals surface area (Å²) in [6.45, 7) is 2.07. The highest BCUT2D eigenvalue weighted by atomic mass is 35.5. The van der Waals surface area contributed by atoms with E-state index in [0.717, 1.165) is 22.6 Å². The fourth-order valence-electron chi connectivity index (χ4n) is 2.29. The molecule has 0 bridgehead atoms. The van der Waals surface area contributed by atoms with Crippen LogP contribution in [0.3, 0.4) is 0 Å². The highest BCUT2D eigenvalue weighted by molar-refractivity contribution is 6.30. The van der Waals surface area contributed by atoms with Crippen molar-refractivity contribution in [1.29, 1.82) is 0 Å². The summed E-state index contributed by atoms with van der Waals surface area (Å²) < 4.78 is 15.3. The SMILES string of the molecule is Cc1cc(-c2nc3cc(Cl)ccn3c2CN)ccc1F. The van der Waals surface area contributed by atoms with Gasteiger partial charge in [-0.1, -0.05) is 11.6 Å². The molecule has 0 aliphatic carbocycles. The molecule has 2 aromatic heterocycles. The summed E-state index contributed by atoms with van der Waals surface area (Å²) in [4.78, 5) is 4.56. The number of rotatable bonds is 2. The van der Waals surface area contributed by atoms with Gasteiger partial charge in [0.1, 0.15) is 11.5 Å². The van der Waals surface area contributed by atoms with Crippen LogP contribution < -0.4 is 5.73 Å². The smallest absolute Gasteiger partial charge is 0.139 e. The average molecular weight is 290 g/mol. The number of fused-ring (bicyclic) bond motifs is 1. The minimum atomic E-state index is -0.227. The molecule has 3 nitrogen and oxygen atoms in total. The number of halogens is 2. The summed E-state index contributed by atoms with van der Waals surface area (Å²) in [7, 11) is 0. The molecule has 0 amide bonds. The van der Waals surface area contributed by atoms with Crippen molar-refractivity contribution in [3.8, 4) is 11.3 Å². The van der Waals surface area contributed by atoms with E-state index in [1.807, 2.05) is 10.6 Å². The first-order chi connectivity index (χ1) is 9.60. The van der Waals surface area contributed by atoms with E-state index in [-0.39, 0.29) is 5.82 Å². The van der Waals surface area contributed by atoms with Gasteiger partial charge in [0.15, 0.2) is 0 Å². The molecule has 0 aliphatic heterocycles. The number of nitrogens with zero attached hydrogens (tertiary/aromatic N) is 2. The normalized spacial score (nSPS) is 11.2. The molecule has 0 saturated carbocycles. The predicted molar refractivity (Wildman–Crippen MR) is 78.2 cm³/mol. The van der Waals surface area contributed by atoms with E-state index >= 15 is 0 Å². The monoisotopic (exact) mass is 289 g/mol. The second-order valence-corrected chi connectivity index (χ2v) is 5.08. The van der Waals surface area contributed by atoms with Crippen LogP contribution in [0.15, 0.2) is 36.5 Å². The number of pyridine rings is 1. The van der Waals surface area contributed by atoms with Gasteiger partial charge in [-0.25, -0.2) is 9.37 Å². The standard InChI is InChI=1S/C15H13ClFN3/c1-9-6-10(2-3-12(9)17)15-13(8-18)20-5-4-11(16)7-14(20)19-15/h2-7H,8,18H2,1H3. The molecule has 2 N–H and O–H groups in total. The van der Waals surface area contributed by atoms with E-state index in [1.165, 1.54) is 6.07 Å². The summed E-state index contributed by atoms with van der Waals surface area (Å²) >= 11 is 5.98. The third-order valence-corrected chi connectivity index (χ3v) is 3.55. The van der Waals surface area contributed by atoms with Gasteiger partial charge in [-0.15, -0.1) is 0 Å². The van der Waals surface area contributed by atoms with E-state index in [1.54, 1.807) is 31.2 Å². The van der Waals surface area contributed by atoms with Crippen molar-refractivity contribution in [3.05, 3.63) is 58.6 Å². The van der Waals surface area contributed by atoms with Crippen LogP contribution in [0, 0.1) is 12.7 Å². The van der Waals surface area contributed by atoms with Crippen molar-refractivity contribution < 1.29 is 4.39 Å². The van der Waals surface area contributed by atoms with Crippen LogP contribution in [-0.4, -0.2) is 9.38 Å². The molecule has 3 rings (SSSR count). The van der Waals surface area contributed by atoms with E-state index in [0.29, 0.717) is 17.1 Å². The van der Waals surface area contributed by atoms with Gasteiger partial charge in [0.25, 0.3) is 0 Å². The molecule has 0 atom stereocenters. The topological polar surface area (TPSA) is 43.3 Å². The zero-order valence-corrected chi connectivity index (χ0v) is 11.7. The molecule has 2 heterocycles. The Kier molecular flexibility index (Phi) is 3.20. The lowest BCUT2D eigenvalue weighted by molar-refractivity contribution is 0.618. The molecule has 20 heavy (non-hydrogen) atoms. The van der Waals surface area contributed by atoms with Crippen molar-refractivity contribution >= 4 is 17.2 Å². The van der Waals surface area contributed by atoms with Gasteiger partial charge in [0.05, 0.1) is 11.4 Å². The lowest BCUT2D eigenvalue weighted by Gasteiger charge is -2.04. The Labute approximate surface area is 120 Å². The molecular formula is C15H13ClFN3. The lowest BCUT2D eigenvalue weighted by atomic mass is 10.1. The van der Waals surface area contributed by atoms with Gasteiger partial charge < -0.3 is 10.1 Å². The largest absolute Gasteiger partial charge is 0.325 e. The van der Waals surface area contributed by atoms with E-state index < -0.39 is 0 Å². The van der Waals surface area contributed by atoms with E-state index in [9.17, 15) is 4.39 Å². The van der Waals surface area contributed by atoms with Crippen LogP contribution in [0.5, 0.6) is 0 Å². The first kappa shape index (κ1) is 13.1. The molecule has 0 unspecified atom stereocenters. The Bertz CT molecular complexity index is 795. The number of aromatic nitrogens is 2. The molecule has 5 heteroatoms. The quantitative estimate of drug-likeness (QED) is 0.784. The van der Waals surface area contributed by atoms with Gasteiger partial charge in [-0.2, -0.15) is 0 Å². The molecule has 0 fully saturated rings. The molecule has 0 spiro atoms. The van der Waals surface area contributed by atoms with Gasteiger partial charge >= 0.3 is 0 Å². The fraction of sp³-hybridized carbons (Fsp3) is 0.133. The third kappa shape index (κ3) is 2.07. The predicted octanol–water partition coefficient (Wildman–Crippen LogP) is 3.56. The van der Waals surface area contributed by atoms with Crippen LogP contribution in [0.2, 0.25) is 5.02 Å². The molecule has 0 saturated heterocycles. The summed E-state index contributed by atoms with van der Waals surface area (Å²) in [6.07, 6.45) is 1.84. The molecule has 102 valence electrons. The van der Waals surface area contributed by atoms with Crippen molar-refractivity contribution in [1.82, 2.24) is 9.38 Å². The number of hydrogen-bond donors (Lipinski definition) is 1. The van der Waals surface area contributed by atoms with Crippen LogP contribution >= 0.6 is 11.6 Å². The van der Waals surface area contributed by atoms with Gasteiger partial charge in [-0.3, -0.25) is 0 Å². The number of benzene rings is 1. The Balaban J connectivity index is 2.26. The van der Waals surface area contributed by atoms with Gasteiger partial charge in [-0.05, 0) is 36.8 Å². The summed E-state index contributed by atoms with van der Waals surface area (Å²) in [5, 5.41) is 0.618. The van der Waals surface area contributed by atoms with E-state index in [4.69, 9.17) is 17.3 Å². The summed E-state index contributed by atoms with van der Waals surface area (Å²) in [6, 6.07) is 8.50. The number of hydrogen-bond acceptors (Lipinski definition) is 2. The average Bonchev–Trinajstić information content (AvgIpc) is 2.79. The minimum absolute atomic E-state index is 0.227. The fourth-order valence-corrected chi connectivity index (χ4v) is 2.44. The number of aryl methyl sites for hydroxylation is 1. The number of nitrogens with two attached hydrogens (primary N) is 1. The highest BCUT2D eigenvalue weighted by Crippen LogP contribution is 2.26. The zero-order chi connectivity index (χ0) is 14.3. The van der Waals surface area contributed by atoms with Crippen LogP contribution in [0.1, 0.15) is 11.3 Å². The zero-order valence-electron chi connectivity index (χ0n) is 10.9. The van der Waals surface area contributed by atoms with Crippen molar-refractivity contribution in [3.63, 3.8) is 0 Å². The van der Waals surface area contributed by atoms with E-state index in [2.05, 4.69) is 4.98 Å². The van der Waals surface area contributed by atoms with Crippen molar-refractivity contribution in [2.75, 3.05) is 0 Å². The maximum absolute atomic E-state index is 13.4. The molecule has 1 aromatic carbocycles. The Morgan fingerprint density at radius 2 is 2.10 bits per heavy atom. The lowest BCUT2D eigenvalue weighted by Crippen LogP contribution is -2.02. The van der Waals surface area contributed by atoms with Crippen LogP contribution in [0.25, 0.3) is 16.9 Å². The van der Waals surface area contributed by atoms with Gasteiger partial charge in [0.2, 0.25) is 0 Å². The van der Waals surface area contributed by atoms with Crippen LogP contribution in [0.4, 0.5) is 4.39 Å². The Morgan fingerprint density at radius 1 is 1.30 bits per heavy atom. The maximum Gasteiger partial charge on any atom is 0.139 e. The Morgan fingerprint density at radius 3 is 2.80 bits per heavy atom. The second-order valence-electron chi connectivity index (χ2n) is 4.65. The summed E-state index contributed by atoms with van der Waals surface area (Å²) in [5.74, 6) is -0.227. The Hall–Kier alpha value is -1.91. The third-order valence-electron chi connectivity index (χ3n) is 3.31. The minimum Gasteiger partial charge on any atom is -0.325 e. The van der Waals surface area contributed by atoms with Crippen molar-refractivity contribution in [2.45, 2.75) is 13.5 Å². The first-order valence-electron chi connectivity index (χ1n) is 6.23. The first-order valence-corrected chi connectivity index (χ1v) is 6.61. The second kappa shape index (κ2) is 4.89. The van der Waals surface area contributed by atoms with Crippen LogP contribution in [-0.2, 0) is 6.54 Å². The number of imidazole rings is 1. The highest BCUT2D eigenvalue weighted by Gasteiger charge is 2.13. The molecule has 0 radical (unpaired) electrons. The molecule has 3 aromatic rings. The molecule has 0 aliphatic rings. The van der Waals surface area contributed by atoms with Crippen molar-refractivity contribution in [2.24, 2.45) is 5.73 Å². The summed E-state index contributed by atoms with van der Waals surface area (Å²) in [5.41, 5.74) is 9.64. The van der Waals surface area contributed by atoms with Gasteiger partial charge in [0, 0.05) is 29.4 Å². The maximum atomic E-state index is 13.4.